The second-order valence-corrected chi connectivity index (χ2v) is 6.46. The average molecular weight is 333 g/mol. The molecule has 1 aromatic heterocycles. The van der Waals surface area contributed by atoms with Crippen molar-refractivity contribution in [3.05, 3.63) is 63.6 Å². The molecule has 6 heteroatoms. The monoisotopic (exact) mass is 333 g/mol. The van der Waals surface area contributed by atoms with Crippen LogP contribution in [0.5, 0.6) is 0 Å². The van der Waals surface area contributed by atoms with Crippen LogP contribution in [0, 0.1) is 24.5 Å². The van der Waals surface area contributed by atoms with Crippen LogP contribution in [-0.4, -0.2) is 27.8 Å². The Hall–Kier alpha value is -2.08. The molecular weight excluding hydrogens is 312 g/mol. The van der Waals surface area contributed by atoms with Crippen molar-refractivity contribution >= 4 is 0 Å². The van der Waals surface area contributed by atoms with Gasteiger partial charge in [-0.25, -0.2) is 13.5 Å². The quantitative estimate of drug-likeness (QED) is 0.863. The van der Waals surface area contributed by atoms with Gasteiger partial charge in [0.25, 0.3) is 5.56 Å². The Morgan fingerprint density at radius 3 is 2.58 bits per heavy atom. The summed E-state index contributed by atoms with van der Waals surface area (Å²) in [6, 6.07) is 7.34. The summed E-state index contributed by atoms with van der Waals surface area (Å²) < 4.78 is 27.8. The fraction of sp³-hybridized carbons (Fsp3) is 0.444. The van der Waals surface area contributed by atoms with Crippen LogP contribution in [0.1, 0.15) is 24.1 Å². The lowest BCUT2D eigenvalue weighted by Gasteiger charge is -2.32. The lowest BCUT2D eigenvalue weighted by molar-refractivity contribution is 0.163. The lowest BCUT2D eigenvalue weighted by atomic mass is 9.96. The molecule has 1 aliphatic rings. The first kappa shape index (κ1) is 16.8. The van der Waals surface area contributed by atoms with Crippen LogP contribution in [0.3, 0.4) is 0 Å². The molecule has 0 unspecified atom stereocenters. The minimum Gasteiger partial charge on any atom is -0.299 e. The number of halogens is 2. The molecule has 0 bridgehead atoms. The number of aryl methyl sites for hydroxylation is 1. The summed E-state index contributed by atoms with van der Waals surface area (Å²) in [6.45, 7) is 4.89. The van der Waals surface area contributed by atoms with Crippen LogP contribution in [0.2, 0.25) is 0 Å². The highest BCUT2D eigenvalue weighted by Gasteiger charge is 2.20. The predicted molar refractivity (Wildman–Crippen MR) is 87.6 cm³/mol. The summed E-state index contributed by atoms with van der Waals surface area (Å²) >= 11 is 0. The summed E-state index contributed by atoms with van der Waals surface area (Å²) in [5.74, 6) is -1.20. The normalized spacial score (nSPS) is 16.5. The molecule has 3 rings (SSSR count). The number of hydrogen-bond donors (Lipinski definition) is 0. The van der Waals surface area contributed by atoms with Gasteiger partial charge in [-0.3, -0.25) is 9.69 Å². The van der Waals surface area contributed by atoms with Gasteiger partial charge in [0, 0.05) is 19.2 Å². The Morgan fingerprint density at radius 1 is 1.12 bits per heavy atom. The number of likely N-dealkylation sites (tertiary alicyclic amines) is 1. The molecular formula is C18H21F2N3O. The first-order valence-corrected chi connectivity index (χ1v) is 8.22. The van der Waals surface area contributed by atoms with Crippen molar-refractivity contribution in [3.8, 4) is 0 Å². The number of hydrogen-bond acceptors (Lipinski definition) is 3. The molecule has 0 aliphatic carbocycles. The van der Waals surface area contributed by atoms with E-state index in [4.69, 9.17) is 0 Å². The van der Waals surface area contributed by atoms with E-state index in [1.165, 1.54) is 12.1 Å². The van der Waals surface area contributed by atoms with Crippen LogP contribution < -0.4 is 5.56 Å². The van der Waals surface area contributed by atoms with Gasteiger partial charge >= 0.3 is 0 Å². The molecule has 24 heavy (non-hydrogen) atoms. The van der Waals surface area contributed by atoms with Crippen molar-refractivity contribution in [2.75, 3.05) is 13.1 Å². The van der Waals surface area contributed by atoms with Crippen molar-refractivity contribution in [1.29, 1.82) is 0 Å². The van der Waals surface area contributed by atoms with Gasteiger partial charge in [0.05, 0.1) is 5.69 Å². The smallest absolute Gasteiger partial charge is 0.266 e. The maximum Gasteiger partial charge on any atom is 0.266 e. The standard InChI is InChI=1S/C18H21F2N3O/c1-13-2-5-18(24)23(21-13)12-14-6-8-22(9-7-14)11-15-3-4-16(19)17(20)10-15/h2-5,10,14H,6-9,11-12H2,1H3. The summed E-state index contributed by atoms with van der Waals surface area (Å²) in [5.41, 5.74) is 1.55. The van der Waals surface area contributed by atoms with Gasteiger partial charge in [-0.2, -0.15) is 5.10 Å². The topological polar surface area (TPSA) is 38.1 Å². The molecule has 0 N–H and O–H groups in total. The van der Waals surface area contributed by atoms with Gasteiger partial charge in [-0.05, 0) is 62.5 Å². The van der Waals surface area contributed by atoms with E-state index in [0.717, 1.165) is 37.2 Å². The molecule has 2 heterocycles. The van der Waals surface area contributed by atoms with E-state index in [9.17, 15) is 13.6 Å². The molecule has 0 amide bonds. The SMILES string of the molecule is Cc1ccc(=O)n(CC2CCN(Cc3ccc(F)c(F)c3)CC2)n1. The first-order valence-electron chi connectivity index (χ1n) is 8.22. The zero-order chi connectivity index (χ0) is 17.1. The fourth-order valence-corrected chi connectivity index (χ4v) is 3.15. The maximum absolute atomic E-state index is 13.3. The molecule has 0 saturated carbocycles. The number of nitrogens with zero attached hydrogens (tertiary/aromatic N) is 3. The van der Waals surface area contributed by atoms with Crippen molar-refractivity contribution in [1.82, 2.24) is 14.7 Å². The van der Waals surface area contributed by atoms with E-state index in [-0.39, 0.29) is 5.56 Å². The van der Waals surface area contributed by atoms with Crippen molar-refractivity contribution < 1.29 is 8.78 Å². The van der Waals surface area contributed by atoms with E-state index in [1.807, 2.05) is 6.92 Å². The van der Waals surface area contributed by atoms with E-state index < -0.39 is 11.6 Å². The summed E-state index contributed by atoms with van der Waals surface area (Å²) in [5, 5.41) is 4.28. The molecule has 1 aromatic carbocycles. The molecule has 0 atom stereocenters. The first-order chi connectivity index (χ1) is 11.5. The largest absolute Gasteiger partial charge is 0.299 e. The Balaban J connectivity index is 1.54. The third-order valence-electron chi connectivity index (χ3n) is 4.53. The Morgan fingerprint density at radius 2 is 1.88 bits per heavy atom. The summed E-state index contributed by atoms with van der Waals surface area (Å²) in [6.07, 6.45) is 1.93. The highest BCUT2D eigenvalue weighted by molar-refractivity contribution is 5.17. The van der Waals surface area contributed by atoms with Crippen molar-refractivity contribution in [3.63, 3.8) is 0 Å². The number of piperidine rings is 1. The number of rotatable bonds is 4. The van der Waals surface area contributed by atoms with Crippen LogP contribution in [0.15, 0.2) is 35.1 Å². The molecule has 0 radical (unpaired) electrons. The molecule has 128 valence electrons. The Bertz CT molecular complexity index is 767. The lowest BCUT2D eigenvalue weighted by Crippen LogP contribution is -2.36. The molecule has 2 aromatic rings. The zero-order valence-corrected chi connectivity index (χ0v) is 13.7. The molecule has 0 spiro atoms. The molecule has 1 fully saturated rings. The number of aromatic nitrogens is 2. The Kier molecular flexibility index (Phi) is 5.04. The van der Waals surface area contributed by atoms with Gasteiger partial charge in [0.2, 0.25) is 0 Å². The fourth-order valence-electron chi connectivity index (χ4n) is 3.15. The van der Waals surface area contributed by atoms with Gasteiger partial charge in [0.15, 0.2) is 11.6 Å². The highest BCUT2D eigenvalue weighted by atomic mass is 19.2. The van der Waals surface area contributed by atoms with Gasteiger partial charge in [-0.15, -0.1) is 0 Å². The molecule has 4 nitrogen and oxygen atoms in total. The predicted octanol–water partition coefficient (Wildman–Crippen LogP) is 2.74. The third-order valence-corrected chi connectivity index (χ3v) is 4.53. The third kappa shape index (κ3) is 4.06. The molecule has 1 saturated heterocycles. The van der Waals surface area contributed by atoms with E-state index in [0.29, 0.717) is 19.0 Å². The Labute approximate surface area is 139 Å². The second-order valence-electron chi connectivity index (χ2n) is 6.46. The van der Waals surface area contributed by atoms with E-state index in [1.54, 1.807) is 22.9 Å². The van der Waals surface area contributed by atoms with Crippen LogP contribution >= 0.6 is 0 Å². The van der Waals surface area contributed by atoms with Crippen LogP contribution in [0.4, 0.5) is 8.78 Å². The average Bonchev–Trinajstić information content (AvgIpc) is 2.56. The summed E-state index contributed by atoms with van der Waals surface area (Å²) in [4.78, 5) is 14.1. The van der Waals surface area contributed by atoms with Crippen LogP contribution in [0.25, 0.3) is 0 Å². The van der Waals surface area contributed by atoms with Gasteiger partial charge < -0.3 is 0 Å². The summed E-state index contributed by atoms with van der Waals surface area (Å²) in [7, 11) is 0. The minimum absolute atomic E-state index is 0.0650. The van der Waals surface area contributed by atoms with Gasteiger partial charge in [-0.1, -0.05) is 6.07 Å². The van der Waals surface area contributed by atoms with Crippen molar-refractivity contribution in [2.45, 2.75) is 32.9 Å². The van der Waals surface area contributed by atoms with E-state index >= 15 is 0 Å². The van der Waals surface area contributed by atoms with Crippen LogP contribution in [-0.2, 0) is 13.1 Å². The van der Waals surface area contributed by atoms with E-state index in [2.05, 4.69) is 10.00 Å². The minimum atomic E-state index is -0.812. The zero-order valence-electron chi connectivity index (χ0n) is 13.7. The highest BCUT2D eigenvalue weighted by Crippen LogP contribution is 2.20. The number of benzene rings is 1. The maximum atomic E-state index is 13.3. The second kappa shape index (κ2) is 7.21. The van der Waals surface area contributed by atoms with Crippen molar-refractivity contribution in [2.24, 2.45) is 5.92 Å². The van der Waals surface area contributed by atoms with Gasteiger partial charge in [0.1, 0.15) is 0 Å². The molecule has 1 aliphatic heterocycles.